The average Bonchev–Trinajstić information content (AvgIpc) is 2.75. The molecule has 1 amide bonds. The molecule has 0 aromatic heterocycles. The Bertz CT molecular complexity index is 465. The molecule has 0 aromatic rings. The van der Waals surface area contributed by atoms with Crippen LogP contribution in [0.4, 0.5) is 0 Å². The van der Waals surface area contributed by atoms with E-state index >= 15 is 0 Å². The summed E-state index contributed by atoms with van der Waals surface area (Å²) in [5, 5.41) is 3.20. The first-order valence-corrected chi connectivity index (χ1v) is 12.2. The van der Waals surface area contributed by atoms with Gasteiger partial charge in [-0.3, -0.25) is 9.59 Å². The summed E-state index contributed by atoms with van der Waals surface area (Å²) in [6, 6.07) is -0.240. The maximum absolute atomic E-state index is 12.5. The van der Waals surface area contributed by atoms with Crippen LogP contribution in [0.1, 0.15) is 111 Å². The van der Waals surface area contributed by atoms with Gasteiger partial charge in [0, 0.05) is 12.5 Å². The molecule has 5 nitrogen and oxygen atoms in total. The van der Waals surface area contributed by atoms with Crippen LogP contribution in [0.5, 0.6) is 0 Å². The molecule has 3 atom stereocenters. The number of hydrogen-bond donors (Lipinski definition) is 2. The first-order chi connectivity index (χ1) is 14.5. The van der Waals surface area contributed by atoms with Crippen LogP contribution in [0.25, 0.3) is 0 Å². The Hall–Kier alpha value is -1.36. The number of allylic oxidation sites excluding steroid dienone is 1. The van der Waals surface area contributed by atoms with E-state index in [0.717, 1.165) is 51.4 Å². The fourth-order valence-electron chi connectivity index (χ4n) is 3.42. The van der Waals surface area contributed by atoms with Gasteiger partial charge in [0.25, 0.3) is 0 Å². The van der Waals surface area contributed by atoms with Crippen LogP contribution in [-0.2, 0) is 14.3 Å². The van der Waals surface area contributed by atoms with E-state index in [0.29, 0.717) is 6.42 Å². The number of nitrogens with one attached hydrogen (secondary N) is 1. The van der Waals surface area contributed by atoms with E-state index < -0.39 is 6.04 Å². The summed E-state index contributed by atoms with van der Waals surface area (Å²) < 4.78 is 4.65. The molecule has 0 heterocycles. The van der Waals surface area contributed by atoms with Gasteiger partial charge < -0.3 is 15.8 Å². The predicted octanol–water partition coefficient (Wildman–Crippen LogP) is 5.67. The van der Waals surface area contributed by atoms with E-state index in [4.69, 9.17) is 5.73 Å². The van der Waals surface area contributed by atoms with Crippen LogP contribution in [0.3, 0.4) is 0 Å². The minimum atomic E-state index is -0.420. The van der Waals surface area contributed by atoms with Crippen LogP contribution in [0.15, 0.2) is 12.2 Å². The highest BCUT2D eigenvalue weighted by molar-refractivity contribution is 5.82. The molecular weight excluding hydrogens is 376 g/mol. The highest BCUT2D eigenvalue weighted by atomic mass is 16.5. The van der Waals surface area contributed by atoms with Crippen molar-refractivity contribution in [1.29, 1.82) is 0 Å². The van der Waals surface area contributed by atoms with Crippen molar-refractivity contribution in [2.24, 2.45) is 11.7 Å². The van der Waals surface area contributed by atoms with Crippen molar-refractivity contribution in [3.63, 3.8) is 0 Å². The monoisotopic (exact) mass is 424 g/mol. The van der Waals surface area contributed by atoms with Crippen molar-refractivity contribution in [3.05, 3.63) is 12.2 Å². The Morgan fingerprint density at radius 1 is 0.967 bits per heavy atom. The zero-order valence-electron chi connectivity index (χ0n) is 20.1. The molecular formula is C25H48N2O3. The topological polar surface area (TPSA) is 81.4 Å². The van der Waals surface area contributed by atoms with Gasteiger partial charge in [-0.25, -0.2) is 0 Å². The number of hydrogen-bond acceptors (Lipinski definition) is 4. The van der Waals surface area contributed by atoms with Crippen molar-refractivity contribution >= 4 is 11.9 Å². The van der Waals surface area contributed by atoms with Gasteiger partial charge >= 0.3 is 5.97 Å². The third-order valence-electron chi connectivity index (χ3n) is 5.88. The zero-order valence-corrected chi connectivity index (χ0v) is 20.1. The van der Waals surface area contributed by atoms with Crippen molar-refractivity contribution in [1.82, 2.24) is 5.32 Å². The first kappa shape index (κ1) is 28.6. The Morgan fingerprint density at radius 2 is 1.63 bits per heavy atom. The highest BCUT2D eigenvalue weighted by Crippen LogP contribution is 2.12. The zero-order chi connectivity index (χ0) is 22.6. The van der Waals surface area contributed by atoms with Gasteiger partial charge in [-0.2, -0.15) is 0 Å². The molecule has 0 fully saturated rings. The summed E-state index contributed by atoms with van der Waals surface area (Å²) in [5.74, 6) is 0.0819. The van der Waals surface area contributed by atoms with Gasteiger partial charge in [0.1, 0.15) is 0 Å². The minimum Gasteiger partial charge on any atom is -0.469 e. The third-order valence-corrected chi connectivity index (χ3v) is 5.88. The molecule has 5 heteroatoms. The summed E-state index contributed by atoms with van der Waals surface area (Å²) in [6.07, 6.45) is 19.2. The number of rotatable bonds is 19. The smallest absolute Gasteiger partial charge is 0.305 e. The van der Waals surface area contributed by atoms with Gasteiger partial charge in [0.05, 0.1) is 13.2 Å². The summed E-state index contributed by atoms with van der Waals surface area (Å²) in [6.45, 7) is 6.32. The molecule has 1 unspecified atom stereocenters. The van der Waals surface area contributed by atoms with Crippen molar-refractivity contribution in [3.8, 4) is 0 Å². The molecule has 0 aliphatic heterocycles. The van der Waals surface area contributed by atoms with E-state index in [1.54, 1.807) is 0 Å². The number of esters is 1. The normalized spacial score (nSPS) is 14.4. The fraction of sp³-hybridized carbons (Fsp3) is 0.840. The second-order valence-corrected chi connectivity index (χ2v) is 8.56. The molecule has 0 aliphatic carbocycles. The lowest BCUT2D eigenvalue weighted by Crippen LogP contribution is -2.48. The third kappa shape index (κ3) is 15.5. The lowest BCUT2D eigenvalue weighted by molar-refractivity contribution is -0.140. The predicted molar refractivity (Wildman–Crippen MR) is 126 cm³/mol. The second kappa shape index (κ2) is 19.6. The molecule has 176 valence electrons. The average molecular weight is 425 g/mol. The summed E-state index contributed by atoms with van der Waals surface area (Å²) in [5.41, 5.74) is 6.11. The molecule has 0 aromatic carbocycles. The minimum absolute atomic E-state index is 0.00908. The Kier molecular flexibility index (Phi) is 18.7. The molecule has 0 bridgehead atoms. The maximum Gasteiger partial charge on any atom is 0.305 e. The SMILES string of the molecule is CCCCCCC(C/C=C\CCCCCCCC(=O)OC)NC(=O)[C@@H](N)[C@@H](C)CC. The summed E-state index contributed by atoms with van der Waals surface area (Å²) >= 11 is 0. The van der Waals surface area contributed by atoms with Gasteiger partial charge in [-0.05, 0) is 38.0 Å². The van der Waals surface area contributed by atoms with E-state index in [1.165, 1.54) is 39.2 Å². The fourth-order valence-corrected chi connectivity index (χ4v) is 3.42. The van der Waals surface area contributed by atoms with Gasteiger partial charge in [-0.15, -0.1) is 0 Å². The van der Waals surface area contributed by atoms with Gasteiger partial charge in [0.2, 0.25) is 5.91 Å². The Labute approximate surface area is 185 Å². The van der Waals surface area contributed by atoms with Crippen LogP contribution in [0, 0.1) is 5.92 Å². The molecule has 0 saturated carbocycles. The number of ether oxygens (including phenoxy) is 1. The maximum atomic E-state index is 12.5. The number of amides is 1. The van der Waals surface area contributed by atoms with E-state index in [2.05, 4.69) is 36.1 Å². The summed E-state index contributed by atoms with van der Waals surface area (Å²) in [7, 11) is 1.44. The number of nitrogens with two attached hydrogens (primary N) is 1. The molecule has 0 spiro atoms. The molecule has 0 saturated heterocycles. The van der Waals surface area contributed by atoms with Gasteiger partial charge in [-0.1, -0.05) is 84.3 Å². The molecule has 0 radical (unpaired) electrons. The second-order valence-electron chi connectivity index (χ2n) is 8.56. The van der Waals surface area contributed by atoms with E-state index in [9.17, 15) is 9.59 Å². The summed E-state index contributed by atoms with van der Waals surface area (Å²) in [4.78, 5) is 23.5. The first-order valence-electron chi connectivity index (χ1n) is 12.2. The molecule has 30 heavy (non-hydrogen) atoms. The quantitative estimate of drug-likeness (QED) is 0.159. The Morgan fingerprint density at radius 3 is 2.30 bits per heavy atom. The lowest BCUT2D eigenvalue weighted by atomic mass is 9.98. The highest BCUT2D eigenvalue weighted by Gasteiger charge is 2.21. The number of carbonyl (C=O) groups excluding carboxylic acids is 2. The van der Waals surface area contributed by atoms with E-state index in [1.807, 2.05) is 6.92 Å². The molecule has 3 N–H and O–H groups in total. The van der Waals surface area contributed by atoms with Crippen LogP contribution in [-0.4, -0.2) is 31.1 Å². The van der Waals surface area contributed by atoms with Gasteiger partial charge in [0.15, 0.2) is 0 Å². The van der Waals surface area contributed by atoms with Crippen molar-refractivity contribution < 1.29 is 14.3 Å². The van der Waals surface area contributed by atoms with Crippen LogP contribution >= 0.6 is 0 Å². The molecule has 0 rings (SSSR count). The van der Waals surface area contributed by atoms with Crippen LogP contribution in [0.2, 0.25) is 0 Å². The van der Waals surface area contributed by atoms with E-state index in [-0.39, 0.29) is 23.8 Å². The van der Waals surface area contributed by atoms with Crippen molar-refractivity contribution in [2.75, 3.05) is 7.11 Å². The number of unbranched alkanes of at least 4 members (excludes halogenated alkanes) is 8. The standard InChI is InChI=1S/C25H48N2O3/c1-5-7-8-15-18-22(27-25(29)24(26)21(3)6-2)19-16-13-11-9-10-12-14-17-20-23(28)30-4/h13,16,21-22,24H,5-12,14-15,17-20,26H2,1-4H3,(H,27,29)/b16-13-/t21-,22?,24-/m0/s1. The largest absolute Gasteiger partial charge is 0.469 e. The van der Waals surface area contributed by atoms with Crippen LogP contribution < -0.4 is 11.1 Å². The Balaban J connectivity index is 4.17. The number of methoxy groups -OCH3 is 1. The van der Waals surface area contributed by atoms with Crippen molar-refractivity contribution in [2.45, 2.75) is 123 Å². The number of carbonyl (C=O) groups is 2. The lowest BCUT2D eigenvalue weighted by Gasteiger charge is -2.23. The molecule has 0 aliphatic rings.